The number of hydrogen-bond donors (Lipinski definition) is 0. The van der Waals surface area contributed by atoms with Crippen molar-refractivity contribution >= 4 is 11.9 Å². The molecule has 2 fully saturated rings. The van der Waals surface area contributed by atoms with E-state index in [0.29, 0.717) is 30.6 Å². The second kappa shape index (κ2) is 7.95. The quantitative estimate of drug-likeness (QED) is 0.746. The number of piperazine rings is 1. The molecule has 0 N–H and O–H groups in total. The Labute approximate surface area is 170 Å². The van der Waals surface area contributed by atoms with E-state index in [9.17, 15) is 14.0 Å². The Morgan fingerprint density at radius 2 is 1.93 bits per heavy atom. The minimum Gasteiger partial charge on any atom is -0.469 e. The molecule has 0 radical (unpaired) electrons. The van der Waals surface area contributed by atoms with Gasteiger partial charge in [0.25, 0.3) is 0 Å². The molecule has 1 amide bonds. The van der Waals surface area contributed by atoms with Gasteiger partial charge in [-0.1, -0.05) is 48.5 Å². The van der Waals surface area contributed by atoms with Crippen LogP contribution in [-0.4, -0.2) is 47.9 Å². The van der Waals surface area contributed by atoms with Gasteiger partial charge in [0.2, 0.25) is 5.91 Å². The number of nitrogens with zero attached hydrogens (tertiary/aromatic N) is 2. The highest BCUT2D eigenvalue weighted by Crippen LogP contribution is 2.43. The molecular weight excluding hydrogens is 371 g/mol. The molecule has 0 aromatic heterocycles. The molecular formula is C23H25FN2O3. The predicted molar refractivity (Wildman–Crippen MR) is 106 cm³/mol. The number of aryl methyl sites for hydroxylation is 1. The van der Waals surface area contributed by atoms with Crippen LogP contribution in [0.5, 0.6) is 0 Å². The topological polar surface area (TPSA) is 49.9 Å². The lowest BCUT2D eigenvalue weighted by Crippen LogP contribution is -2.54. The lowest BCUT2D eigenvalue weighted by atomic mass is 9.93. The molecule has 4 rings (SSSR count). The molecule has 0 bridgehead atoms. The van der Waals surface area contributed by atoms with Crippen molar-refractivity contribution in [2.75, 3.05) is 20.2 Å². The second-order valence-corrected chi connectivity index (χ2v) is 7.89. The van der Waals surface area contributed by atoms with Gasteiger partial charge in [-0.25, -0.2) is 4.39 Å². The number of halogens is 1. The average molecular weight is 396 g/mol. The maximum absolute atomic E-state index is 14.4. The van der Waals surface area contributed by atoms with Crippen molar-refractivity contribution < 1.29 is 18.7 Å². The summed E-state index contributed by atoms with van der Waals surface area (Å²) in [4.78, 5) is 29.4. The fraction of sp³-hybridized carbons (Fsp3) is 0.391. The third-order valence-corrected chi connectivity index (χ3v) is 6.03. The Balaban J connectivity index is 1.59. The van der Waals surface area contributed by atoms with Gasteiger partial charge in [-0.2, -0.15) is 0 Å². The number of benzene rings is 2. The Morgan fingerprint density at radius 3 is 2.66 bits per heavy atom. The number of rotatable bonds is 4. The molecule has 0 unspecified atom stereocenters. The molecule has 2 aromatic rings. The summed E-state index contributed by atoms with van der Waals surface area (Å²) in [6, 6.07) is 14.6. The molecule has 6 heteroatoms. The lowest BCUT2D eigenvalue weighted by Gasteiger charge is -2.40. The lowest BCUT2D eigenvalue weighted by molar-refractivity contribution is -0.147. The number of esters is 1. The first-order valence-corrected chi connectivity index (χ1v) is 9.90. The zero-order chi connectivity index (χ0) is 20.5. The smallest absolute Gasteiger partial charge is 0.311 e. The Hall–Kier alpha value is -2.73. The predicted octanol–water partition coefficient (Wildman–Crippen LogP) is 3.08. The first-order chi connectivity index (χ1) is 14.0. The van der Waals surface area contributed by atoms with E-state index in [4.69, 9.17) is 4.74 Å². The molecule has 0 saturated carbocycles. The summed E-state index contributed by atoms with van der Waals surface area (Å²) < 4.78 is 19.5. The van der Waals surface area contributed by atoms with E-state index < -0.39 is 5.92 Å². The van der Waals surface area contributed by atoms with E-state index in [1.807, 2.05) is 46.2 Å². The van der Waals surface area contributed by atoms with Gasteiger partial charge in [-0.3, -0.25) is 14.5 Å². The van der Waals surface area contributed by atoms with Gasteiger partial charge in [0.1, 0.15) is 5.82 Å². The monoisotopic (exact) mass is 396 g/mol. The highest BCUT2D eigenvalue weighted by molar-refractivity contribution is 5.83. The van der Waals surface area contributed by atoms with Crippen molar-refractivity contribution in [1.29, 1.82) is 0 Å². The fourth-order valence-electron chi connectivity index (χ4n) is 4.72. The molecule has 2 aliphatic heterocycles. The zero-order valence-corrected chi connectivity index (χ0v) is 16.7. The molecule has 2 heterocycles. The molecule has 2 aromatic carbocycles. The van der Waals surface area contributed by atoms with Gasteiger partial charge >= 0.3 is 5.97 Å². The maximum atomic E-state index is 14.4. The Bertz CT molecular complexity index is 918. The molecule has 3 atom stereocenters. The van der Waals surface area contributed by atoms with Crippen LogP contribution in [0.4, 0.5) is 4.39 Å². The highest BCUT2D eigenvalue weighted by atomic mass is 19.1. The molecule has 29 heavy (non-hydrogen) atoms. The van der Waals surface area contributed by atoms with Crippen molar-refractivity contribution in [2.45, 2.75) is 32.0 Å². The number of methoxy groups -OCH3 is 1. The average Bonchev–Trinajstić information content (AvgIpc) is 3.11. The van der Waals surface area contributed by atoms with Crippen LogP contribution in [-0.2, 0) is 20.9 Å². The van der Waals surface area contributed by atoms with Crippen molar-refractivity contribution in [3.05, 3.63) is 71.0 Å². The van der Waals surface area contributed by atoms with Gasteiger partial charge in [0.15, 0.2) is 0 Å². The van der Waals surface area contributed by atoms with Gasteiger partial charge in [-0.15, -0.1) is 0 Å². The van der Waals surface area contributed by atoms with Gasteiger partial charge in [0.05, 0.1) is 25.6 Å². The van der Waals surface area contributed by atoms with Crippen molar-refractivity contribution in [1.82, 2.24) is 9.80 Å². The third-order valence-electron chi connectivity index (χ3n) is 6.03. The molecule has 2 saturated heterocycles. The van der Waals surface area contributed by atoms with Gasteiger partial charge in [-0.05, 0) is 24.5 Å². The van der Waals surface area contributed by atoms with E-state index >= 15 is 0 Å². The molecule has 152 valence electrons. The summed E-state index contributed by atoms with van der Waals surface area (Å²) in [5.74, 6) is -0.942. The summed E-state index contributed by atoms with van der Waals surface area (Å²) in [6.45, 7) is 2.93. The largest absolute Gasteiger partial charge is 0.469 e. The van der Waals surface area contributed by atoms with Crippen LogP contribution in [0.3, 0.4) is 0 Å². The number of amides is 1. The summed E-state index contributed by atoms with van der Waals surface area (Å²) in [7, 11) is 1.39. The van der Waals surface area contributed by atoms with Crippen LogP contribution in [0.25, 0.3) is 0 Å². The number of carbonyl (C=O) groups excluding carboxylic acids is 2. The Kier molecular flexibility index (Phi) is 5.37. The van der Waals surface area contributed by atoms with Gasteiger partial charge < -0.3 is 9.64 Å². The first kappa shape index (κ1) is 19.6. The van der Waals surface area contributed by atoms with E-state index in [0.717, 1.165) is 5.56 Å². The standard InChI is InChI=1S/C23H25FN2O3/c1-15-7-6-10-17(21(15)24)12-25-13-18-11-19(23(28)29-2)22(26(18)20(27)14-25)16-8-4-3-5-9-16/h3-10,18-19,22H,11-14H2,1-2H3/t18-,19-,22-/m0/s1. The van der Waals surface area contributed by atoms with Crippen LogP contribution in [0.15, 0.2) is 48.5 Å². The van der Waals surface area contributed by atoms with Crippen LogP contribution >= 0.6 is 0 Å². The van der Waals surface area contributed by atoms with E-state index in [-0.39, 0.29) is 36.3 Å². The van der Waals surface area contributed by atoms with E-state index in [2.05, 4.69) is 0 Å². The molecule has 0 spiro atoms. The molecule has 2 aliphatic rings. The SMILES string of the molecule is COC(=O)[C@H]1C[C@H]2CN(Cc3cccc(C)c3F)CC(=O)N2[C@H]1c1ccccc1. The van der Waals surface area contributed by atoms with Crippen LogP contribution in [0.2, 0.25) is 0 Å². The number of ether oxygens (including phenoxy) is 1. The van der Waals surface area contributed by atoms with Gasteiger partial charge in [0, 0.05) is 24.7 Å². The Morgan fingerprint density at radius 1 is 1.17 bits per heavy atom. The fourth-order valence-corrected chi connectivity index (χ4v) is 4.72. The van der Waals surface area contributed by atoms with E-state index in [1.165, 1.54) is 7.11 Å². The number of carbonyl (C=O) groups is 2. The van der Waals surface area contributed by atoms with Crippen molar-refractivity contribution in [3.8, 4) is 0 Å². The van der Waals surface area contributed by atoms with Crippen molar-refractivity contribution in [3.63, 3.8) is 0 Å². The van der Waals surface area contributed by atoms with Crippen molar-refractivity contribution in [2.24, 2.45) is 5.92 Å². The first-order valence-electron chi connectivity index (χ1n) is 9.90. The number of hydrogen-bond acceptors (Lipinski definition) is 4. The maximum Gasteiger partial charge on any atom is 0.311 e. The second-order valence-electron chi connectivity index (χ2n) is 7.89. The van der Waals surface area contributed by atoms with E-state index in [1.54, 1.807) is 19.1 Å². The summed E-state index contributed by atoms with van der Waals surface area (Å²) in [5.41, 5.74) is 2.13. The minimum atomic E-state index is -0.396. The normalized spacial score (nSPS) is 24.4. The minimum absolute atomic E-state index is 0.0328. The summed E-state index contributed by atoms with van der Waals surface area (Å²) in [5, 5.41) is 0. The molecule has 0 aliphatic carbocycles. The summed E-state index contributed by atoms with van der Waals surface area (Å²) >= 11 is 0. The summed E-state index contributed by atoms with van der Waals surface area (Å²) in [6.07, 6.45) is 0.546. The third kappa shape index (κ3) is 3.65. The zero-order valence-electron chi connectivity index (χ0n) is 16.7. The number of fused-ring (bicyclic) bond motifs is 1. The highest BCUT2D eigenvalue weighted by Gasteiger charge is 2.50. The van der Waals surface area contributed by atoms with Crippen LogP contribution < -0.4 is 0 Å². The molecule has 5 nitrogen and oxygen atoms in total. The van der Waals surface area contributed by atoms with Crippen LogP contribution in [0.1, 0.15) is 29.2 Å². The van der Waals surface area contributed by atoms with Crippen LogP contribution in [0, 0.1) is 18.7 Å².